The standard InChI is InChI=1S/C12H10Br2N2O2S/c13-11-5-9(16(17)18)2-1-8(11)6-15-7-10-3-4-12(14)19-10/h1-5,15H,6-7H2. The minimum atomic E-state index is -0.398. The third-order valence-corrected chi connectivity index (χ3v) is 4.85. The third kappa shape index (κ3) is 4.10. The fourth-order valence-electron chi connectivity index (χ4n) is 1.56. The first-order valence-corrected chi connectivity index (χ1v) is 7.84. The van der Waals surface area contributed by atoms with Gasteiger partial charge in [-0.15, -0.1) is 11.3 Å². The molecule has 1 heterocycles. The molecule has 0 saturated carbocycles. The van der Waals surface area contributed by atoms with E-state index >= 15 is 0 Å². The highest BCUT2D eigenvalue weighted by molar-refractivity contribution is 9.11. The Kier molecular flexibility index (Phi) is 5.09. The molecule has 0 bridgehead atoms. The molecule has 100 valence electrons. The van der Waals surface area contributed by atoms with E-state index in [4.69, 9.17) is 0 Å². The van der Waals surface area contributed by atoms with Crippen LogP contribution in [0.25, 0.3) is 0 Å². The molecular formula is C12H10Br2N2O2S. The molecule has 1 aromatic heterocycles. The SMILES string of the molecule is O=[N+]([O-])c1ccc(CNCc2ccc(Br)s2)c(Br)c1. The highest BCUT2D eigenvalue weighted by Crippen LogP contribution is 2.24. The average Bonchev–Trinajstić information content (AvgIpc) is 2.77. The molecule has 0 amide bonds. The zero-order chi connectivity index (χ0) is 13.8. The Hall–Kier alpha value is -0.760. The van der Waals surface area contributed by atoms with Crippen molar-refractivity contribution in [2.75, 3.05) is 0 Å². The van der Waals surface area contributed by atoms with Crippen LogP contribution >= 0.6 is 43.2 Å². The maximum atomic E-state index is 10.6. The van der Waals surface area contributed by atoms with E-state index in [0.717, 1.165) is 20.4 Å². The molecule has 7 heteroatoms. The predicted octanol–water partition coefficient (Wildman–Crippen LogP) is 4.47. The number of benzene rings is 1. The van der Waals surface area contributed by atoms with Crippen molar-refractivity contribution in [2.45, 2.75) is 13.1 Å². The lowest BCUT2D eigenvalue weighted by Crippen LogP contribution is -2.12. The van der Waals surface area contributed by atoms with Crippen molar-refractivity contribution in [3.63, 3.8) is 0 Å². The molecule has 19 heavy (non-hydrogen) atoms. The van der Waals surface area contributed by atoms with Crippen molar-refractivity contribution in [3.05, 3.63) is 59.1 Å². The summed E-state index contributed by atoms with van der Waals surface area (Å²) in [5.74, 6) is 0. The number of non-ortho nitro benzene ring substituents is 1. The van der Waals surface area contributed by atoms with Gasteiger partial charge in [0.25, 0.3) is 5.69 Å². The molecule has 0 aliphatic heterocycles. The van der Waals surface area contributed by atoms with Gasteiger partial charge in [-0.25, -0.2) is 0 Å². The number of hydrogen-bond donors (Lipinski definition) is 1. The molecule has 0 spiro atoms. The highest BCUT2D eigenvalue weighted by Gasteiger charge is 2.08. The highest BCUT2D eigenvalue weighted by atomic mass is 79.9. The molecule has 0 aliphatic carbocycles. The lowest BCUT2D eigenvalue weighted by atomic mass is 10.2. The van der Waals surface area contributed by atoms with Crippen molar-refractivity contribution in [1.82, 2.24) is 5.32 Å². The minimum absolute atomic E-state index is 0.0952. The molecule has 0 saturated heterocycles. The molecule has 1 aromatic carbocycles. The van der Waals surface area contributed by atoms with E-state index in [1.165, 1.54) is 17.0 Å². The van der Waals surface area contributed by atoms with Gasteiger partial charge in [0.05, 0.1) is 8.71 Å². The van der Waals surface area contributed by atoms with Crippen LogP contribution in [0.4, 0.5) is 5.69 Å². The quantitative estimate of drug-likeness (QED) is 0.589. The fraction of sp³-hybridized carbons (Fsp3) is 0.167. The van der Waals surface area contributed by atoms with Gasteiger partial charge in [0.15, 0.2) is 0 Å². The summed E-state index contributed by atoms with van der Waals surface area (Å²) in [7, 11) is 0. The van der Waals surface area contributed by atoms with Crippen LogP contribution in [0.1, 0.15) is 10.4 Å². The molecule has 0 unspecified atom stereocenters. The van der Waals surface area contributed by atoms with E-state index in [-0.39, 0.29) is 5.69 Å². The topological polar surface area (TPSA) is 55.2 Å². The van der Waals surface area contributed by atoms with Crippen molar-refractivity contribution < 1.29 is 4.92 Å². The fourth-order valence-corrected chi connectivity index (χ4v) is 3.52. The zero-order valence-electron chi connectivity index (χ0n) is 9.73. The van der Waals surface area contributed by atoms with Crippen LogP contribution in [0.2, 0.25) is 0 Å². The maximum absolute atomic E-state index is 10.6. The summed E-state index contributed by atoms with van der Waals surface area (Å²) in [6, 6.07) is 8.89. The van der Waals surface area contributed by atoms with Gasteiger partial charge in [-0.05, 0) is 39.7 Å². The summed E-state index contributed by atoms with van der Waals surface area (Å²) >= 11 is 8.46. The molecule has 0 radical (unpaired) electrons. The zero-order valence-corrected chi connectivity index (χ0v) is 13.7. The first kappa shape index (κ1) is 14.6. The van der Waals surface area contributed by atoms with E-state index in [1.54, 1.807) is 17.4 Å². The maximum Gasteiger partial charge on any atom is 0.270 e. The Bertz CT molecular complexity index is 601. The lowest BCUT2D eigenvalue weighted by Gasteiger charge is -2.05. The largest absolute Gasteiger partial charge is 0.308 e. The van der Waals surface area contributed by atoms with E-state index < -0.39 is 4.92 Å². The lowest BCUT2D eigenvalue weighted by molar-refractivity contribution is -0.384. The van der Waals surface area contributed by atoms with Crippen LogP contribution in [-0.4, -0.2) is 4.92 Å². The molecule has 0 atom stereocenters. The van der Waals surface area contributed by atoms with Gasteiger partial charge >= 0.3 is 0 Å². The second kappa shape index (κ2) is 6.60. The normalized spacial score (nSPS) is 10.6. The van der Waals surface area contributed by atoms with Crippen molar-refractivity contribution in [1.29, 1.82) is 0 Å². The summed E-state index contributed by atoms with van der Waals surface area (Å²) in [5.41, 5.74) is 1.10. The summed E-state index contributed by atoms with van der Waals surface area (Å²) in [5, 5.41) is 13.9. The number of nitrogens with one attached hydrogen (secondary N) is 1. The number of nitro benzene ring substituents is 1. The summed E-state index contributed by atoms with van der Waals surface area (Å²) in [4.78, 5) is 11.5. The number of thiophene rings is 1. The third-order valence-electron chi connectivity index (χ3n) is 2.49. The number of nitro groups is 1. The van der Waals surface area contributed by atoms with Crippen LogP contribution in [0.15, 0.2) is 38.6 Å². The molecule has 1 N–H and O–H groups in total. The van der Waals surface area contributed by atoms with Crippen molar-refractivity contribution in [3.8, 4) is 0 Å². The number of halogens is 2. The smallest absolute Gasteiger partial charge is 0.270 e. The van der Waals surface area contributed by atoms with Gasteiger partial charge in [0.2, 0.25) is 0 Å². The van der Waals surface area contributed by atoms with Gasteiger partial charge in [-0.3, -0.25) is 10.1 Å². The van der Waals surface area contributed by atoms with Crippen molar-refractivity contribution >= 4 is 48.9 Å². The van der Waals surface area contributed by atoms with Crippen LogP contribution < -0.4 is 5.32 Å². The Morgan fingerprint density at radius 1 is 1.21 bits per heavy atom. The Balaban J connectivity index is 1.94. The molecular weight excluding hydrogens is 396 g/mol. The molecule has 0 fully saturated rings. The van der Waals surface area contributed by atoms with Crippen molar-refractivity contribution in [2.24, 2.45) is 0 Å². The number of rotatable bonds is 5. The summed E-state index contributed by atoms with van der Waals surface area (Å²) < 4.78 is 1.86. The van der Waals surface area contributed by atoms with Gasteiger partial charge < -0.3 is 5.32 Å². The number of nitrogens with zero attached hydrogens (tertiary/aromatic N) is 1. The molecule has 2 aromatic rings. The van der Waals surface area contributed by atoms with Gasteiger partial charge in [0.1, 0.15) is 0 Å². The van der Waals surface area contributed by atoms with Crippen LogP contribution in [0, 0.1) is 10.1 Å². The van der Waals surface area contributed by atoms with E-state index in [9.17, 15) is 10.1 Å². The average molecular weight is 406 g/mol. The second-order valence-corrected chi connectivity index (χ2v) is 7.24. The minimum Gasteiger partial charge on any atom is -0.308 e. The van der Waals surface area contributed by atoms with E-state index in [1.807, 2.05) is 6.07 Å². The first-order valence-electron chi connectivity index (χ1n) is 5.44. The summed E-state index contributed by atoms with van der Waals surface area (Å²) in [6.07, 6.45) is 0. The van der Waals surface area contributed by atoms with Crippen LogP contribution in [0.5, 0.6) is 0 Å². The summed E-state index contributed by atoms with van der Waals surface area (Å²) in [6.45, 7) is 1.44. The second-order valence-electron chi connectivity index (χ2n) is 3.84. The predicted molar refractivity (Wildman–Crippen MR) is 83.4 cm³/mol. The van der Waals surface area contributed by atoms with Crippen LogP contribution in [0.3, 0.4) is 0 Å². The van der Waals surface area contributed by atoms with Crippen LogP contribution in [-0.2, 0) is 13.1 Å². The Morgan fingerprint density at radius 3 is 2.58 bits per heavy atom. The Morgan fingerprint density at radius 2 is 2.00 bits per heavy atom. The van der Waals surface area contributed by atoms with Gasteiger partial charge in [-0.1, -0.05) is 15.9 Å². The van der Waals surface area contributed by atoms with Gasteiger partial charge in [-0.2, -0.15) is 0 Å². The number of hydrogen-bond acceptors (Lipinski definition) is 4. The monoisotopic (exact) mass is 404 g/mol. The first-order chi connectivity index (χ1) is 9.06. The molecule has 4 nitrogen and oxygen atoms in total. The molecule has 0 aliphatic rings. The van der Waals surface area contributed by atoms with E-state index in [0.29, 0.717) is 6.54 Å². The van der Waals surface area contributed by atoms with E-state index in [2.05, 4.69) is 43.2 Å². The molecule has 2 rings (SSSR count). The van der Waals surface area contributed by atoms with Gasteiger partial charge in [0, 0.05) is 34.6 Å². The Labute approximate surface area is 131 Å².